The number of carbonyl (C=O) groups is 2. The molecular weight excluding hydrogens is 312 g/mol. The fourth-order valence-corrected chi connectivity index (χ4v) is 3.08. The van der Waals surface area contributed by atoms with Crippen molar-refractivity contribution in [3.8, 4) is 11.1 Å². The molecular formula is C19H13ClO3. The number of carboxylic acid groups (broad SMARTS) is 1. The van der Waals surface area contributed by atoms with Gasteiger partial charge in [-0.05, 0) is 35.7 Å². The highest BCUT2D eigenvalue weighted by Gasteiger charge is 2.28. The average molecular weight is 325 g/mol. The van der Waals surface area contributed by atoms with Gasteiger partial charge in [-0.25, -0.2) is 4.79 Å². The summed E-state index contributed by atoms with van der Waals surface area (Å²) in [5, 5.41) is 9.88. The average Bonchev–Trinajstić information content (AvgIpc) is 2.64. The molecule has 1 aromatic rings. The summed E-state index contributed by atoms with van der Waals surface area (Å²) in [6, 6.07) is 15.6. The molecule has 0 radical (unpaired) electrons. The first kappa shape index (κ1) is 15.3. The first-order chi connectivity index (χ1) is 11.0. The standard InChI is InChI=1S/C19H13ClO3/c1-11-16(18(21)14-9-5-6-10-15(14)20)12-7-3-2-4-8-13(12)17(11)19(22)23/h2-10H,1H3,(H,22,23). The Morgan fingerprint density at radius 2 is 1.43 bits per heavy atom. The van der Waals surface area contributed by atoms with Crippen LogP contribution < -0.4 is 0 Å². The van der Waals surface area contributed by atoms with Crippen molar-refractivity contribution in [3.63, 3.8) is 0 Å². The molecule has 23 heavy (non-hydrogen) atoms. The summed E-state index contributed by atoms with van der Waals surface area (Å²) < 4.78 is 0. The van der Waals surface area contributed by atoms with E-state index in [2.05, 4.69) is 0 Å². The Morgan fingerprint density at radius 1 is 0.870 bits per heavy atom. The maximum Gasteiger partial charge on any atom is 0.336 e. The van der Waals surface area contributed by atoms with Gasteiger partial charge in [-0.15, -0.1) is 0 Å². The molecule has 0 atom stereocenters. The zero-order valence-electron chi connectivity index (χ0n) is 12.3. The minimum absolute atomic E-state index is 0.159. The van der Waals surface area contributed by atoms with Gasteiger partial charge in [-0.1, -0.05) is 54.1 Å². The number of hydrogen-bond acceptors (Lipinski definition) is 2. The first-order valence-corrected chi connectivity index (χ1v) is 7.44. The van der Waals surface area contributed by atoms with Gasteiger partial charge in [0.2, 0.25) is 0 Å². The fourth-order valence-electron chi connectivity index (χ4n) is 2.86. The maximum atomic E-state index is 13.0. The zero-order valence-corrected chi connectivity index (χ0v) is 13.1. The van der Waals surface area contributed by atoms with Crippen molar-refractivity contribution in [2.45, 2.75) is 6.92 Å². The van der Waals surface area contributed by atoms with Crippen molar-refractivity contribution in [2.24, 2.45) is 0 Å². The van der Waals surface area contributed by atoms with Crippen LogP contribution in [-0.2, 0) is 0 Å². The summed E-state index contributed by atoms with van der Waals surface area (Å²) >= 11 is 6.13. The molecule has 4 heteroatoms. The number of hydrogen-bond donors (Lipinski definition) is 1. The van der Waals surface area contributed by atoms with Crippen molar-refractivity contribution < 1.29 is 14.7 Å². The molecule has 3 rings (SSSR count). The van der Waals surface area contributed by atoms with Gasteiger partial charge in [-0.3, -0.25) is 4.79 Å². The minimum Gasteiger partial charge on any atom is -0.478 e. The highest BCUT2D eigenvalue weighted by molar-refractivity contribution is 6.35. The van der Waals surface area contributed by atoms with Crippen LogP contribution >= 0.6 is 11.6 Å². The molecule has 0 spiro atoms. The molecule has 0 bridgehead atoms. The van der Waals surface area contributed by atoms with Crippen LogP contribution in [0.1, 0.15) is 31.8 Å². The molecule has 0 amide bonds. The van der Waals surface area contributed by atoms with E-state index in [4.69, 9.17) is 11.6 Å². The lowest BCUT2D eigenvalue weighted by atomic mass is 9.99. The molecule has 0 aromatic heterocycles. The Bertz CT molecular complexity index is 899. The van der Waals surface area contributed by atoms with E-state index in [9.17, 15) is 14.7 Å². The molecule has 2 aliphatic rings. The number of fused-ring (bicyclic) bond motifs is 1. The topological polar surface area (TPSA) is 54.4 Å². The summed E-state index contributed by atoms with van der Waals surface area (Å²) in [4.78, 5) is 24.6. The second kappa shape index (κ2) is 5.86. The van der Waals surface area contributed by atoms with Gasteiger partial charge in [-0.2, -0.15) is 0 Å². The van der Waals surface area contributed by atoms with E-state index in [1.54, 1.807) is 61.5 Å². The van der Waals surface area contributed by atoms with Crippen LogP contribution in [0.4, 0.5) is 0 Å². The molecule has 1 N–H and O–H groups in total. The minimum atomic E-state index is -1.04. The fraction of sp³-hybridized carbons (Fsp3) is 0.0526. The van der Waals surface area contributed by atoms with Gasteiger partial charge in [0.05, 0.1) is 10.6 Å². The lowest BCUT2D eigenvalue weighted by molar-refractivity contribution is 0.0697. The highest BCUT2D eigenvalue weighted by Crippen LogP contribution is 2.38. The van der Waals surface area contributed by atoms with Crippen LogP contribution in [0.3, 0.4) is 0 Å². The van der Waals surface area contributed by atoms with Gasteiger partial charge in [0, 0.05) is 11.1 Å². The summed E-state index contributed by atoms with van der Waals surface area (Å²) in [7, 11) is 0. The molecule has 0 fully saturated rings. The van der Waals surface area contributed by atoms with Crippen LogP contribution in [0.15, 0.2) is 54.6 Å². The van der Waals surface area contributed by atoms with Crippen molar-refractivity contribution in [1.82, 2.24) is 0 Å². The number of carbonyl (C=O) groups excluding carboxylic acids is 1. The van der Waals surface area contributed by atoms with E-state index in [-0.39, 0.29) is 11.3 Å². The molecule has 0 saturated heterocycles. The first-order valence-electron chi connectivity index (χ1n) is 7.06. The molecule has 0 saturated carbocycles. The van der Waals surface area contributed by atoms with Crippen molar-refractivity contribution in [3.05, 3.63) is 81.9 Å². The summed E-state index contributed by atoms with van der Waals surface area (Å²) in [6.45, 7) is 1.66. The number of benzene rings is 1. The molecule has 2 aliphatic carbocycles. The van der Waals surface area contributed by atoms with Gasteiger partial charge in [0.25, 0.3) is 0 Å². The van der Waals surface area contributed by atoms with Crippen LogP contribution in [0.2, 0.25) is 5.02 Å². The van der Waals surface area contributed by atoms with E-state index >= 15 is 0 Å². The Hall–Kier alpha value is -2.65. The van der Waals surface area contributed by atoms with Crippen LogP contribution in [0, 0.1) is 6.92 Å². The Labute approximate surface area is 138 Å². The van der Waals surface area contributed by atoms with Gasteiger partial charge in [0.1, 0.15) is 0 Å². The van der Waals surface area contributed by atoms with E-state index < -0.39 is 5.97 Å². The smallest absolute Gasteiger partial charge is 0.336 e. The predicted molar refractivity (Wildman–Crippen MR) is 89.6 cm³/mol. The number of halogens is 1. The third-order valence-corrected chi connectivity index (χ3v) is 4.22. The zero-order chi connectivity index (χ0) is 16.6. The second-order valence-electron chi connectivity index (χ2n) is 5.23. The van der Waals surface area contributed by atoms with E-state index in [1.165, 1.54) is 0 Å². The number of aromatic carboxylic acids is 1. The van der Waals surface area contributed by atoms with Crippen molar-refractivity contribution >= 4 is 23.4 Å². The number of rotatable bonds is 3. The molecule has 0 aliphatic heterocycles. The molecule has 114 valence electrons. The Balaban J connectivity index is 2.31. The molecule has 0 unspecified atom stereocenters. The number of ketones is 1. The maximum absolute atomic E-state index is 13.0. The number of carboxylic acids is 1. The Morgan fingerprint density at radius 3 is 2.04 bits per heavy atom. The van der Waals surface area contributed by atoms with Crippen LogP contribution in [0.5, 0.6) is 0 Å². The monoisotopic (exact) mass is 324 g/mol. The molecule has 0 heterocycles. The summed E-state index contributed by atoms with van der Waals surface area (Å²) in [5.41, 5.74) is 2.55. The van der Waals surface area contributed by atoms with Gasteiger partial charge in [0.15, 0.2) is 5.78 Å². The largest absolute Gasteiger partial charge is 0.478 e. The van der Waals surface area contributed by atoms with E-state index in [0.717, 1.165) is 0 Å². The van der Waals surface area contributed by atoms with E-state index in [0.29, 0.717) is 32.8 Å². The lowest BCUT2D eigenvalue weighted by Crippen LogP contribution is -2.04. The van der Waals surface area contributed by atoms with Gasteiger partial charge < -0.3 is 5.11 Å². The summed E-state index contributed by atoms with van der Waals surface area (Å²) in [5.74, 6) is -1.31. The normalized spacial score (nSPS) is 10.7. The molecule has 1 aromatic carbocycles. The third kappa shape index (κ3) is 2.49. The molecule has 3 nitrogen and oxygen atoms in total. The van der Waals surface area contributed by atoms with E-state index in [1.807, 2.05) is 0 Å². The van der Waals surface area contributed by atoms with Crippen LogP contribution in [0.25, 0.3) is 11.1 Å². The van der Waals surface area contributed by atoms with Crippen LogP contribution in [-0.4, -0.2) is 16.9 Å². The second-order valence-corrected chi connectivity index (χ2v) is 5.63. The van der Waals surface area contributed by atoms with Crippen molar-refractivity contribution in [1.29, 1.82) is 0 Å². The summed E-state index contributed by atoms with van der Waals surface area (Å²) in [6.07, 6.45) is 0. The quantitative estimate of drug-likeness (QED) is 0.711. The Kier molecular flexibility index (Phi) is 3.89. The van der Waals surface area contributed by atoms with Gasteiger partial charge >= 0.3 is 5.97 Å². The predicted octanol–water partition coefficient (Wildman–Crippen LogP) is 4.68. The van der Waals surface area contributed by atoms with Crippen molar-refractivity contribution in [2.75, 3.05) is 0 Å². The highest BCUT2D eigenvalue weighted by atomic mass is 35.5. The SMILES string of the molecule is Cc1c(C(=O)O)c2cccccc-2c1C(=O)c1ccccc1Cl. The third-order valence-electron chi connectivity index (χ3n) is 3.89. The lowest BCUT2D eigenvalue weighted by Gasteiger charge is -2.05.